The van der Waals surface area contributed by atoms with E-state index in [1.54, 1.807) is 0 Å². The van der Waals surface area contributed by atoms with Crippen LogP contribution < -0.4 is 20.9 Å². The number of ether oxygens (including phenoxy) is 1. The van der Waals surface area contributed by atoms with Crippen LogP contribution in [-0.2, 0) is 9.59 Å². The summed E-state index contributed by atoms with van der Waals surface area (Å²) in [5, 5.41) is 2.68. The van der Waals surface area contributed by atoms with Gasteiger partial charge in [0.1, 0.15) is 5.75 Å². The lowest BCUT2D eigenvalue weighted by atomic mass is 9.86. The zero-order valence-corrected chi connectivity index (χ0v) is 16.9. The van der Waals surface area contributed by atoms with Crippen molar-refractivity contribution in [3.05, 3.63) is 29.3 Å². The number of benzene rings is 1. The Hall–Kier alpha value is -2.15. The van der Waals surface area contributed by atoms with Crippen LogP contribution in [0.3, 0.4) is 0 Å². The third kappa shape index (κ3) is 7.54. The van der Waals surface area contributed by atoms with Crippen LogP contribution >= 0.6 is 12.2 Å². The molecule has 0 radical (unpaired) electrons. The summed E-state index contributed by atoms with van der Waals surface area (Å²) < 4.78 is 5.52. The van der Waals surface area contributed by atoms with E-state index in [2.05, 4.69) is 16.2 Å². The third-order valence-electron chi connectivity index (χ3n) is 4.99. The number of carbonyl (C=O) groups excluding carboxylic acids is 2. The van der Waals surface area contributed by atoms with Gasteiger partial charge in [-0.25, -0.2) is 0 Å². The lowest BCUT2D eigenvalue weighted by molar-refractivity contribution is -0.124. The Bertz CT molecular complexity index is 672. The van der Waals surface area contributed by atoms with Gasteiger partial charge in [-0.05, 0) is 55.6 Å². The van der Waals surface area contributed by atoms with E-state index in [1.807, 2.05) is 32.0 Å². The summed E-state index contributed by atoms with van der Waals surface area (Å²) in [5.74, 6) is 0.811. The normalized spacial score (nSPS) is 14.3. The molecule has 7 heteroatoms. The zero-order chi connectivity index (χ0) is 19.6. The second kappa shape index (κ2) is 10.9. The van der Waals surface area contributed by atoms with E-state index < -0.39 is 0 Å². The van der Waals surface area contributed by atoms with Gasteiger partial charge >= 0.3 is 0 Å². The molecule has 1 aliphatic carbocycles. The number of hydrogen-bond donors (Lipinski definition) is 3. The molecule has 1 aromatic carbocycles. The number of amides is 2. The van der Waals surface area contributed by atoms with Gasteiger partial charge in [-0.1, -0.05) is 44.2 Å². The third-order valence-corrected chi connectivity index (χ3v) is 5.19. The first-order chi connectivity index (χ1) is 13.0. The maximum absolute atomic E-state index is 11.9. The molecule has 1 aromatic rings. The smallest absolute Gasteiger partial charge is 0.276 e. The molecule has 1 saturated carbocycles. The molecule has 0 bridgehead atoms. The van der Waals surface area contributed by atoms with Crippen molar-refractivity contribution in [2.24, 2.45) is 5.92 Å². The van der Waals surface area contributed by atoms with E-state index in [-0.39, 0.29) is 23.5 Å². The maximum Gasteiger partial charge on any atom is 0.276 e. The fraction of sp³-hybridized carbons (Fsp3) is 0.550. The highest BCUT2D eigenvalue weighted by Gasteiger charge is 2.15. The second-order valence-electron chi connectivity index (χ2n) is 7.08. The monoisotopic (exact) mass is 391 g/mol. The van der Waals surface area contributed by atoms with E-state index in [0.717, 1.165) is 17.5 Å². The van der Waals surface area contributed by atoms with Gasteiger partial charge in [0.25, 0.3) is 5.91 Å². The van der Waals surface area contributed by atoms with Gasteiger partial charge in [-0.2, -0.15) is 0 Å². The Morgan fingerprint density at radius 1 is 1.11 bits per heavy atom. The highest BCUT2D eigenvalue weighted by Crippen LogP contribution is 2.27. The topological polar surface area (TPSA) is 79.5 Å². The number of hydrogen-bond acceptors (Lipinski definition) is 4. The highest BCUT2D eigenvalue weighted by molar-refractivity contribution is 7.80. The maximum atomic E-state index is 11.9. The van der Waals surface area contributed by atoms with Crippen molar-refractivity contribution in [1.82, 2.24) is 16.2 Å². The Kier molecular flexibility index (Phi) is 8.51. The molecule has 0 aliphatic heterocycles. The molecular formula is C20H29N3O3S. The van der Waals surface area contributed by atoms with E-state index in [9.17, 15) is 9.59 Å². The van der Waals surface area contributed by atoms with Gasteiger partial charge in [-0.15, -0.1) is 0 Å². The van der Waals surface area contributed by atoms with Crippen molar-refractivity contribution in [3.63, 3.8) is 0 Å². The quantitative estimate of drug-likeness (QED) is 0.513. The van der Waals surface area contributed by atoms with Crippen molar-refractivity contribution >= 4 is 29.1 Å². The predicted octanol–water partition coefficient (Wildman–Crippen LogP) is 3.06. The minimum atomic E-state index is -0.380. The van der Waals surface area contributed by atoms with Gasteiger partial charge in [-0.3, -0.25) is 20.4 Å². The highest BCUT2D eigenvalue weighted by atomic mass is 32.1. The zero-order valence-electron chi connectivity index (χ0n) is 16.1. The number of rotatable bonds is 6. The molecule has 0 atom stereocenters. The Morgan fingerprint density at radius 3 is 2.59 bits per heavy atom. The minimum absolute atomic E-state index is 0.0868. The predicted molar refractivity (Wildman–Crippen MR) is 109 cm³/mol. The van der Waals surface area contributed by atoms with Crippen molar-refractivity contribution in [3.8, 4) is 5.75 Å². The van der Waals surface area contributed by atoms with Crippen LogP contribution in [0.15, 0.2) is 18.2 Å². The molecule has 2 amide bonds. The Balaban J connectivity index is 1.61. The van der Waals surface area contributed by atoms with Gasteiger partial charge < -0.3 is 10.1 Å². The van der Waals surface area contributed by atoms with Crippen LogP contribution in [0.1, 0.15) is 56.1 Å². The molecule has 0 heterocycles. The molecule has 148 valence electrons. The first kappa shape index (κ1) is 21.2. The average Bonchev–Trinajstić information content (AvgIpc) is 2.66. The van der Waals surface area contributed by atoms with Crippen LogP contribution in [0.4, 0.5) is 0 Å². The SMILES string of the molecule is Cc1cccc(OCC(=O)NNC(=S)NC(=O)CCC2CCCCC2)c1C. The lowest BCUT2D eigenvalue weighted by Crippen LogP contribution is -2.49. The van der Waals surface area contributed by atoms with E-state index in [4.69, 9.17) is 17.0 Å². The molecule has 0 saturated heterocycles. The van der Waals surface area contributed by atoms with Crippen molar-refractivity contribution in [1.29, 1.82) is 0 Å². The molecule has 1 aliphatic rings. The van der Waals surface area contributed by atoms with Gasteiger partial charge in [0, 0.05) is 6.42 Å². The number of hydrazine groups is 1. The molecule has 0 spiro atoms. The summed E-state index contributed by atoms with van der Waals surface area (Å²) in [5.41, 5.74) is 7.06. The molecule has 0 unspecified atom stereocenters. The minimum Gasteiger partial charge on any atom is -0.483 e. The first-order valence-corrected chi connectivity index (χ1v) is 9.94. The summed E-state index contributed by atoms with van der Waals surface area (Å²) in [4.78, 5) is 23.8. The molecule has 1 fully saturated rings. The molecule has 3 N–H and O–H groups in total. The van der Waals surface area contributed by atoms with Crippen molar-refractivity contribution in [2.75, 3.05) is 6.61 Å². The summed E-state index contributed by atoms with van der Waals surface area (Å²) in [6.45, 7) is 3.79. The van der Waals surface area contributed by atoms with E-state index in [0.29, 0.717) is 18.1 Å². The fourth-order valence-electron chi connectivity index (χ4n) is 3.22. The molecule has 2 rings (SSSR count). The summed E-state index contributed by atoms with van der Waals surface area (Å²) >= 11 is 5.04. The van der Waals surface area contributed by atoms with Crippen LogP contribution in [0.2, 0.25) is 0 Å². The second-order valence-corrected chi connectivity index (χ2v) is 7.49. The first-order valence-electron chi connectivity index (χ1n) is 9.53. The standard InChI is InChI=1S/C20H29N3O3S/c1-14-7-6-10-17(15(14)2)26-13-19(25)22-23-20(27)21-18(24)12-11-16-8-4-3-5-9-16/h6-7,10,16H,3-5,8-9,11-13H2,1-2H3,(H,22,25)(H2,21,23,24,27). The van der Waals surface area contributed by atoms with Crippen LogP contribution in [0, 0.1) is 19.8 Å². The molecule has 27 heavy (non-hydrogen) atoms. The number of carbonyl (C=O) groups is 2. The van der Waals surface area contributed by atoms with Crippen LogP contribution in [-0.4, -0.2) is 23.5 Å². The van der Waals surface area contributed by atoms with Crippen molar-refractivity contribution < 1.29 is 14.3 Å². The summed E-state index contributed by atoms with van der Waals surface area (Å²) in [6.07, 6.45) is 7.62. The van der Waals surface area contributed by atoms with Gasteiger partial charge in [0.2, 0.25) is 5.91 Å². The Labute approximate surface area is 166 Å². The van der Waals surface area contributed by atoms with E-state index in [1.165, 1.54) is 32.1 Å². The molecular weight excluding hydrogens is 362 g/mol. The van der Waals surface area contributed by atoms with Crippen LogP contribution in [0.5, 0.6) is 5.75 Å². The summed E-state index contributed by atoms with van der Waals surface area (Å²) in [7, 11) is 0. The summed E-state index contributed by atoms with van der Waals surface area (Å²) in [6, 6.07) is 5.69. The van der Waals surface area contributed by atoms with Crippen molar-refractivity contribution in [2.45, 2.75) is 58.8 Å². The number of thiocarbonyl (C=S) groups is 1. The molecule has 6 nitrogen and oxygen atoms in total. The molecule has 0 aromatic heterocycles. The Morgan fingerprint density at radius 2 is 1.85 bits per heavy atom. The van der Waals surface area contributed by atoms with Gasteiger partial charge in [0.05, 0.1) is 0 Å². The largest absolute Gasteiger partial charge is 0.483 e. The average molecular weight is 392 g/mol. The van der Waals surface area contributed by atoms with Crippen LogP contribution in [0.25, 0.3) is 0 Å². The number of nitrogens with one attached hydrogen (secondary N) is 3. The van der Waals surface area contributed by atoms with Gasteiger partial charge in [0.15, 0.2) is 11.7 Å². The fourth-order valence-corrected chi connectivity index (χ4v) is 3.38. The number of aryl methyl sites for hydroxylation is 1. The van der Waals surface area contributed by atoms with E-state index >= 15 is 0 Å². The lowest BCUT2D eigenvalue weighted by Gasteiger charge is -2.21.